The number of nitrogens with one attached hydrogen (secondary N) is 3. The lowest BCUT2D eigenvalue weighted by Crippen LogP contribution is -2.56. The SMILES string of the molecule is CC[C@H](C)[C@H](NC(=O)[C@H](Cc1ccccc1)NC(=O)[C@@H](N)Cc1c[nH]c2ccccc12)C(=O)O. The number of benzene rings is 2. The Balaban J connectivity index is 1.74. The van der Waals surface area contributed by atoms with E-state index in [1.807, 2.05) is 67.7 Å². The number of carbonyl (C=O) groups is 3. The standard InChI is InChI=1S/C26H32N4O4/c1-3-16(2)23(26(33)34)30-25(32)22(13-17-9-5-4-6-10-17)29-24(31)20(27)14-18-15-28-21-12-8-7-11-19(18)21/h4-12,15-16,20,22-23,28H,3,13-14,27H2,1-2H3,(H,29,31)(H,30,32)(H,33,34)/t16-,20-,22-,23-/m0/s1. The largest absolute Gasteiger partial charge is 0.480 e. The molecule has 0 saturated carbocycles. The van der Waals surface area contributed by atoms with Gasteiger partial charge in [0.15, 0.2) is 0 Å². The Kier molecular flexibility index (Phi) is 8.43. The summed E-state index contributed by atoms with van der Waals surface area (Å²) in [5.41, 5.74) is 8.91. The van der Waals surface area contributed by atoms with Gasteiger partial charge in [-0.2, -0.15) is 0 Å². The minimum absolute atomic E-state index is 0.213. The molecule has 3 rings (SSSR count). The van der Waals surface area contributed by atoms with Crippen molar-refractivity contribution in [2.45, 2.75) is 51.2 Å². The maximum absolute atomic E-state index is 13.1. The molecular weight excluding hydrogens is 432 g/mol. The van der Waals surface area contributed by atoms with Crippen LogP contribution in [0.2, 0.25) is 0 Å². The third-order valence-electron chi connectivity index (χ3n) is 6.14. The van der Waals surface area contributed by atoms with Gasteiger partial charge in [-0.1, -0.05) is 68.8 Å². The van der Waals surface area contributed by atoms with E-state index in [4.69, 9.17) is 5.73 Å². The molecule has 1 heterocycles. The van der Waals surface area contributed by atoms with Crippen LogP contribution in [0.1, 0.15) is 31.4 Å². The van der Waals surface area contributed by atoms with Gasteiger partial charge in [-0.3, -0.25) is 9.59 Å². The molecule has 0 aliphatic rings. The van der Waals surface area contributed by atoms with E-state index in [-0.39, 0.29) is 12.3 Å². The van der Waals surface area contributed by atoms with Crippen LogP contribution in [0.4, 0.5) is 0 Å². The number of aliphatic carboxylic acids is 1. The predicted molar refractivity (Wildman–Crippen MR) is 131 cm³/mol. The van der Waals surface area contributed by atoms with Crippen molar-refractivity contribution in [2.75, 3.05) is 0 Å². The number of aromatic amines is 1. The van der Waals surface area contributed by atoms with E-state index in [1.54, 1.807) is 6.92 Å². The molecule has 4 atom stereocenters. The van der Waals surface area contributed by atoms with Gasteiger partial charge in [0.25, 0.3) is 0 Å². The van der Waals surface area contributed by atoms with Crippen molar-refractivity contribution in [3.63, 3.8) is 0 Å². The third kappa shape index (κ3) is 6.23. The number of rotatable bonds is 11. The molecule has 0 spiro atoms. The highest BCUT2D eigenvalue weighted by Crippen LogP contribution is 2.19. The molecule has 8 nitrogen and oxygen atoms in total. The Morgan fingerprint density at radius 3 is 2.32 bits per heavy atom. The molecule has 2 aromatic carbocycles. The van der Waals surface area contributed by atoms with E-state index in [9.17, 15) is 19.5 Å². The van der Waals surface area contributed by atoms with Gasteiger partial charge in [0.1, 0.15) is 12.1 Å². The number of aromatic nitrogens is 1. The Hall–Kier alpha value is -3.65. The van der Waals surface area contributed by atoms with E-state index in [0.717, 1.165) is 22.0 Å². The van der Waals surface area contributed by atoms with Gasteiger partial charge < -0.3 is 26.5 Å². The van der Waals surface area contributed by atoms with E-state index in [1.165, 1.54) is 0 Å². The van der Waals surface area contributed by atoms with Crippen LogP contribution in [0.25, 0.3) is 10.9 Å². The van der Waals surface area contributed by atoms with Gasteiger partial charge in [-0.15, -0.1) is 0 Å². The summed E-state index contributed by atoms with van der Waals surface area (Å²) in [6.45, 7) is 3.63. The number of hydrogen-bond acceptors (Lipinski definition) is 4. The maximum atomic E-state index is 13.1. The van der Waals surface area contributed by atoms with Crippen molar-refractivity contribution in [3.05, 3.63) is 71.9 Å². The second kappa shape index (κ2) is 11.5. The summed E-state index contributed by atoms with van der Waals surface area (Å²) in [4.78, 5) is 40.9. The molecule has 0 saturated heterocycles. The fourth-order valence-corrected chi connectivity index (χ4v) is 3.90. The molecule has 0 unspecified atom stereocenters. The fourth-order valence-electron chi connectivity index (χ4n) is 3.90. The zero-order chi connectivity index (χ0) is 24.7. The second-order valence-corrected chi connectivity index (χ2v) is 8.63. The Morgan fingerprint density at radius 1 is 0.971 bits per heavy atom. The van der Waals surface area contributed by atoms with Crippen molar-refractivity contribution in [1.82, 2.24) is 15.6 Å². The summed E-state index contributed by atoms with van der Waals surface area (Å²) >= 11 is 0. The van der Waals surface area contributed by atoms with Gasteiger partial charge in [0.2, 0.25) is 11.8 Å². The molecule has 0 bridgehead atoms. The number of fused-ring (bicyclic) bond motifs is 1. The molecular formula is C26H32N4O4. The lowest BCUT2D eigenvalue weighted by Gasteiger charge is -2.25. The average Bonchev–Trinajstić information content (AvgIpc) is 3.24. The van der Waals surface area contributed by atoms with Crippen LogP contribution in [-0.2, 0) is 27.2 Å². The highest BCUT2D eigenvalue weighted by molar-refractivity contribution is 5.92. The van der Waals surface area contributed by atoms with E-state index < -0.39 is 35.9 Å². The second-order valence-electron chi connectivity index (χ2n) is 8.63. The molecule has 1 aromatic heterocycles. The number of hydrogen-bond donors (Lipinski definition) is 5. The molecule has 8 heteroatoms. The van der Waals surface area contributed by atoms with Crippen molar-refractivity contribution in [2.24, 2.45) is 11.7 Å². The number of carboxylic acids is 1. The molecule has 6 N–H and O–H groups in total. The zero-order valence-corrected chi connectivity index (χ0v) is 19.5. The number of para-hydroxylation sites is 1. The van der Waals surface area contributed by atoms with Crippen LogP contribution in [-0.4, -0.2) is 46.0 Å². The highest BCUT2D eigenvalue weighted by atomic mass is 16.4. The first-order valence-electron chi connectivity index (χ1n) is 11.5. The molecule has 0 fully saturated rings. The summed E-state index contributed by atoms with van der Waals surface area (Å²) in [5.74, 6) is -2.40. The van der Waals surface area contributed by atoms with Crippen LogP contribution in [0, 0.1) is 5.92 Å². The maximum Gasteiger partial charge on any atom is 0.326 e. The first-order chi connectivity index (χ1) is 16.3. The fraction of sp³-hybridized carbons (Fsp3) is 0.346. The van der Waals surface area contributed by atoms with Crippen LogP contribution in [0.5, 0.6) is 0 Å². The summed E-state index contributed by atoms with van der Waals surface area (Å²) in [5, 5.41) is 15.9. The molecule has 0 radical (unpaired) electrons. The lowest BCUT2D eigenvalue weighted by molar-refractivity contribution is -0.143. The number of carbonyl (C=O) groups excluding carboxylic acids is 2. The van der Waals surface area contributed by atoms with Gasteiger partial charge in [-0.05, 0) is 29.5 Å². The Morgan fingerprint density at radius 2 is 1.65 bits per heavy atom. The zero-order valence-electron chi connectivity index (χ0n) is 19.5. The van der Waals surface area contributed by atoms with Gasteiger partial charge in [0, 0.05) is 23.5 Å². The molecule has 0 aliphatic heterocycles. The van der Waals surface area contributed by atoms with Crippen LogP contribution < -0.4 is 16.4 Å². The quantitative estimate of drug-likeness (QED) is 0.297. The Labute approximate surface area is 198 Å². The van der Waals surface area contributed by atoms with E-state index >= 15 is 0 Å². The smallest absolute Gasteiger partial charge is 0.326 e. The Bertz CT molecular complexity index is 1130. The summed E-state index contributed by atoms with van der Waals surface area (Å²) in [7, 11) is 0. The average molecular weight is 465 g/mol. The topological polar surface area (TPSA) is 137 Å². The number of H-pyrrole nitrogens is 1. The minimum atomic E-state index is -1.11. The number of carboxylic acid groups (broad SMARTS) is 1. The summed E-state index contributed by atoms with van der Waals surface area (Å²) < 4.78 is 0. The first-order valence-corrected chi connectivity index (χ1v) is 11.5. The van der Waals surface area contributed by atoms with E-state index in [0.29, 0.717) is 12.8 Å². The van der Waals surface area contributed by atoms with Crippen molar-refractivity contribution in [3.8, 4) is 0 Å². The molecule has 34 heavy (non-hydrogen) atoms. The van der Waals surface area contributed by atoms with Crippen molar-refractivity contribution in [1.29, 1.82) is 0 Å². The summed E-state index contributed by atoms with van der Waals surface area (Å²) in [6.07, 6.45) is 2.92. The normalized spacial score (nSPS) is 14.7. The number of nitrogens with two attached hydrogens (primary N) is 1. The van der Waals surface area contributed by atoms with Gasteiger partial charge >= 0.3 is 5.97 Å². The predicted octanol–water partition coefficient (Wildman–Crippen LogP) is 2.38. The summed E-state index contributed by atoms with van der Waals surface area (Å²) in [6, 6.07) is 14.1. The van der Waals surface area contributed by atoms with Crippen molar-refractivity contribution >= 4 is 28.7 Å². The van der Waals surface area contributed by atoms with Gasteiger partial charge in [0.05, 0.1) is 6.04 Å². The van der Waals surface area contributed by atoms with E-state index in [2.05, 4.69) is 15.6 Å². The molecule has 3 aromatic rings. The van der Waals surface area contributed by atoms with Crippen LogP contribution in [0.3, 0.4) is 0 Å². The van der Waals surface area contributed by atoms with Crippen molar-refractivity contribution < 1.29 is 19.5 Å². The lowest BCUT2D eigenvalue weighted by atomic mass is 9.98. The van der Waals surface area contributed by atoms with Gasteiger partial charge in [-0.25, -0.2) is 4.79 Å². The molecule has 0 aliphatic carbocycles. The van der Waals surface area contributed by atoms with Crippen LogP contribution in [0.15, 0.2) is 60.8 Å². The monoisotopic (exact) mass is 464 g/mol. The molecule has 2 amide bonds. The minimum Gasteiger partial charge on any atom is -0.480 e. The van der Waals surface area contributed by atoms with Crippen LogP contribution >= 0.6 is 0 Å². The highest BCUT2D eigenvalue weighted by Gasteiger charge is 2.30. The number of amides is 2. The molecule has 180 valence electrons. The first kappa shape index (κ1) is 25.0. The third-order valence-corrected chi connectivity index (χ3v) is 6.14.